The van der Waals surface area contributed by atoms with Crippen LogP contribution in [0.25, 0.3) is 67.2 Å². The van der Waals surface area contributed by atoms with E-state index in [0.717, 1.165) is 56.3 Å². The fourth-order valence-corrected chi connectivity index (χ4v) is 10.6. The van der Waals surface area contributed by atoms with Crippen molar-refractivity contribution in [2.45, 2.75) is 37.5 Å². The maximum atomic E-state index is 6.30. The highest BCUT2D eigenvalue weighted by Crippen LogP contribution is 2.70. The van der Waals surface area contributed by atoms with Gasteiger partial charge < -0.3 is 4.42 Å². The van der Waals surface area contributed by atoms with Gasteiger partial charge >= 0.3 is 0 Å². The van der Waals surface area contributed by atoms with E-state index in [4.69, 9.17) is 19.4 Å². The average molecular weight is 608 g/mol. The Balaban J connectivity index is 1.16. The summed E-state index contributed by atoms with van der Waals surface area (Å²) in [5.41, 5.74) is 10.6. The maximum absolute atomic E-state index is 6.30. The molecule has 2 aromatic heterocycles. The van der Waals surface area contributed by atoms with Gasteiger partial charge in [-0.05, 0) is 96.2 Å². The largest absolute Gasteiger partial charge is 0.456 e. The van der Waals surface area contributed by atoms with E-state index in [9.17, 15) is 0 Å². The number of rotatable bonds is 3. The van der Waals surface area contributed by atoms with Crippen LogP contribution in [-0.2, 0) is 5.41 Å². The van der Waals surface area contributed by atoms with Gasteiger partial charge in [0, 0.05) is 32.9 Å². The lowest BCUT2D eigenvalue weighted by Gasteiger charge is -2.61. The third-order valence-electron chi connectivity index (χ3n) is 12.1. The highest BCUT2D eigenvalue weighted by atomic mass is 16.3. The first kappa shape index (κ1) is 26.0. The minimum absolute atomic E-state index is 0.0167. The number of nitrogens with zero attached hydrogens (tertiary/aromatic N) is 3. The summed E-state index contributed by atoms with van der Waals surface area (Å²) in [6.07, 6.45) is 6.79. The van der Waals surface area contributed by atoms with Gasteiger partial charge in [0.2, 0.25) is 0 Å². The van der Waals surface area contributed by atoms with Gasteiger partial charge in [0.25, 0.3) is 0 Å². The Labute approximate surface area is 273 Å². The van der Waals surface area contributed by atoms with Gasteiger partial charge in [0.05, 0.1) is 0 Å². The van der Waals surface area contributed by atoms with Crippen molar-refractivity contribution in [3.8, 4) is 45.3 Å². The second-order valence-corrected chi connectivity index (χ2v) is 14.4. The van der Waals surface area contributed by atoms with E-state index < -0.39 is 0 Å². The minimum Gasteiger partial charge on any atom is -0.456 e. The van der Waals surface area contributed by atoms with E-state index in [1.54, 1.807) is 5.56 Å². The van der Waals surface area contributed by atoms with Gasteiger partial charge in [-0.2, -0.15) is 0 Å². The van der Waals surface area contributed by atoms with Gasteiger partial charge in [-0.15, -0.1) is 0 Å². The van der Waals surface area contributed by atoms with Gasteiger partial charge in [-0.25, -0.2) is 15.0 Å². The summed E-state index contributed by atoms with van der Waals surface area (Å²) >= 11 is 0. The smallest absolute Gasteiger partial charge is 0.164 e. The molecule has 2 heterocycles. The highest BCUT2D eigenvalue weighted by Gasteiger charge is 2.62. The molecule has 47 heavy (non-hydrogen) atoms. The van der Waals surface area contributed by atoms with Gasteiger partial charge in [-0.3, -0.25) is 0 Å². The second kappa shape index (κ2) is 9.48. The quantitative estimate of drug-likeness (QED) is 0.201. The van der Waals surface area contributed by atoms with Crippen LogP contribution in [0.3, 0.4) is 0 Å². The Morgan fingerprint density at radius 3 is 1.96 bits per heavy atom. The summed E-state index contributed by atoms with van der Waals surface area (Å²) in [6, 6.07) is 41.0. The fourth-order valence-electron chi connectivity index (χ4n) is 10.6. The van der Waals surface area contributed by atoms with Crippen molar-refractivity contribution in [1.82, 2.24) is 15.0 Å². The third kappa shape index (κ3) is 3.56. The lowest BCUT2D eigenvalue weighted by molar-refractivity contribution is -0.0397. The summed E-state index contributed by atoms with van der Waals surface area (Å²) in [7, 11) is 0. The predicted octanol–water partition coefficient (Wildman–Crippen LogP) is 10.5. The average Bonchev–Trinajstić information content (AvgIpc) is 3.64. The first-order chi connectivity index (χ1) is 23.2. The number of hydrogen-bond donors (Lipinski definition) is 0. The van der Waals surface area contributed by atoms with Crippen molar-refractivity contribution in [2.75, 3.05) is 0 Å². The van der Waals surface area contributed by atoms with Crippen LogP contribution in [0.1, 0.15) is 43.2 Å². The third-order valence-corrected chi connectivity index (χ3v) is 12.1. The molecule has 0 unspecified atom stereocenters. The standard InChI is InChI=1S/C43H33N3O/c1-2-9-27(10-3-1)40-44-41(28-17-18-33-32-12-5-7-16-37(32)47-38(33)24-28)46-42(45-40)35-14-8-13-34-31-11-4-6-15-36(31)43(39(34)35)29-20-25-19-26(22-29)23-30(43)21-25/h1-18,24-26,29-30H,19-23H2. The van der Waals surface area contributed by atoms with Gasteiger partial charge in [0.15, 0.2) is 17.5 Å². The molecule has 4 heteroatoms. The minimum atomic E-state index is 0.0167. The molecule has 4 bridgehead atoms. The van der Waals surface area contributed by atoms with Crippen LogP contribution < -0.4 is 0 Å². The topological polar surface area (TPSA) is 51.8 Å². The molecule has 0 atom stereocenters. The van der Waals surface area contributed by atoms with Gasteiger partial charge in [-0.1, -0.05) is 97.1 Å². The second-order valence-electron chi connectivity index (χ2n) is 14.4. The van der Waals surface area contributed by atoms with Crippen LogP contribution in [0.15, 0.2) is 120 Å². The van der Waals surface area contributed by atoms with E-state index in [2.05, 4.69) is 97.1 Å². The maximum Gasteiger partial charge on any atom is 0.164 e. The number of para-hydroxylation sites is 1. The monoisotopic (exact) mass is 607 g/mol. The molecule has 5 aromatic carbocycles. The zero-order valence-corrected chi connectivity index (χ0v) is 26.1. The van der Waals surface area contributed by atoms with E-state index in [1.165, 1.54) is 48.8 Å². The van der Waals surface area contributed by atoms with E-state index in [-0.39, 0.29) is 5.41 Å². The van der Waals surface area contributed by atoms with Crippen molar-refractivity contribution in [3.63, 3.8) is 0 Å². The lowest BCUT2D eigenvalue weighted by Crippen LogP contribution is -2.55. The zero-order chi connectivity index (χ0) is 30.7. The molecule has 226 valence electrons. The Bertz CT molecular complexity index is 2360. The van der Waals surface area contributed by atoms with Crippen LogP contribution in [0.2, 0.25) is 0 Å². The predicted molar refractivity (Wildman–Crippen MR) is 187 cm³/mol. The van der Waals surface area contributed by atoms with Crippen LogP contribution in [0.4, 0.5) is 0 Å². The first-order valence-electron chi connectivity index (χ1n) is 17.2. The van der Waals surface area contributed by atoms with Crippen molar-refractivity contribution >= 4 is 21.9 Å². The van der Waals surface area contributed by atoms with Crippen molar-refractivity contribution in [3.05, 3.63) is 126 Å². The Hall–Kier alpha value is -5.09. The zero-order valence-electron chi connectivity index (χ0n) is 26.1. The van der Waals surface area contributed by atoms with E-state index in [1.807, 2.05) is 18.2 Å². The molecular formula is C43H33N3O. The molecule has 0 amide bonds. The van der Waals surface area contributed by atoms with Crippen LogP contribution in [0.5, 0.6) is 0 Å². The molecule has 0 aliphatic heterocycles. The van der Waals surface area contributed by atoms with Crippen LogP contribution >= 0.6 is 0 Å². The van der Waals surface area contributed by atoms with Gasteiger partial charge in [0.1, 0.15) is 11.2 Å². The summed E-state index contributed by atoms with van der Waals surface area (Å²) in [4.78, 5) is 15.7. The Morgan fingerprint density at radius 1 is 0.489 bits per heavy atom. The summed E-state index contributed by atoms with van der Waals surface area (Å²) in [5, 5.41) is 2.22. The molecule has 0 radical (unpaired) electrons. The molecule has 1 spiro atoms. The summed E-state index contributed by atoms with van der Waals surface area (Å²) in [5.74, 6) is 5.21. The van der Waals surface area contributed by atoms with Crippen molar-refractivity contribution < 1.29 is 4.42 Å². The Morgan fingerprint density at radius 2 is 1.13 bits per heavy atom. The molecule has 5 aliphatic rings. The van der Waals surface area contributed by atoms with Crippen LogP contribution in [-0.4, -0.2) is 15.0 Å². The number of furan rings is 1. The molecule has 4 fully saturated rings. The number of benzene rings is 5. The number of aromatic nitrogens is 3. The molecular weight excluding hydrogens is 574 g/mol. The summed E-state index contributed by atoms with van der Waals surface area (Å²) in [6.45, 7) is 0. The molecule has 0 N–H and O–H groups in total. The normalized spacial score (nSPS) is 25.1. The van der Waals surface area contributed by atoms with Crippen molar-refractivity contribution in [2.24, 2.45) is 23.7 Å². The molecule has 12 rings (SSSR count). The van der Waals surface area contributed by atoms with Crippen LogP contribution in [0, 0.1) is 23.7 Å². The Kier molecular flexibility index (Phi) is 5.25. The molecule has 0 saturated heterocycles. The van der Waals surface area contributed by atoms with Crippen molar-refractivity contribution in [1.29, 1.82) is 0 Å². The first-order valence-corrected chi connectivity index (χ1v) is 17.2. The molecule has 4 saturated carbocycles. The lowest BCUT2D eigenvalue weighted by atomic mass is 9.43. The number of fused-ring (bicyclic) bond motifs is 6. The van der Waals surface area contributed by atoms with E-state index in [0.29, 0.717) is 23.5 Å². The molecule has 5 aliphatic carbocycles. The molecule has 7 aromatic rings. The summed E-state index contributed by atoms with van der Waals surface area (Å²) < 4.78 is 6.30. The SMILES string of the molecule is c1ccc(-c2nc(-c3ccc4c(c3)oc3ccccc34)nc(-c3cccc4c3C3(c5ccccc5-4)C4CC5CC(C4)CC3C5)n2)cc1. The van der Waals surface area contributed by atoms with E-state index >= 15 is 0 Å². The number of hydrogen-bond acceptors (Lipinski definition) is 4. The molecule has 4 nitrogen and oxygen atoms in total. The highest BCUT2D eigenvalue weighted by molar-refractivity contribution is 6.05. The fraction of sp³-hybridized carbons (Fsp3) is 0.233.